The second-order valence-corrected chi connectivity index (χ2v) is 4.56. The largest absolute Gasteiger partial charge is 0.375 e. The van der Waals surface area contributed by atoms with Crippen molar-refractivity contribution < 1.29 is 22.3 Å². The molecular weight excluding hydrogens is 272 g/mol. The van der Waals surface area contributed by atoms with E-state index in [1.54, 1.807) is 6.07 Å². The molecule has 5 heteroatoms. The second kappa shape index (κ2) is 7.43. The standard InChI is InChI=1S/C15H18F4O/c1-2-3-9-14(16,17)10-11-20-12-15(18,19)13-7-5-4-6-8-13/h2,4-8H,1,3,9-12H2. The van der Waals surface area contributed by atoms with Crippen LogP contribution in [-0.2, 0) is 10.7 Å². The number of benzene rings is 1. The molecule has 0 aromatic heterocycles. The van der Waals surface area contributed by atoms with Crippen LogP contribution in [0.4, 0.5) is 17.6 Å². The normalized spacial score (nSPS) is 12.4. The average Bonchev–Trinajstić information content (AvgIpc) is 2.43. The summed E-state index contributed by atoms with van der Waals surface area (Å²) >= 11 is 0. The Morgan fingerprint density at radius 3 is 2.30 bits per heavy atom. The SMILES string of the molecule is C=CCCC(F)(F)CCOCC(F)(F)c1ccccc1. The Balaban J connectivity index is 2.35. The zero-order valence-electron chi connectivity index (χ0n) is 11.1. The Hall–Kier alpha value is -1.36. The van der Waals surface area contributed by atoms with Gasteiger partial charge in [-0.25, -0.2) is 8.78 Å². The Labute approximate surface area is 116 Å². The maximum atomic E-state index is 13.7. The van der Waals surface area contributed by atoms with Crippen LogP contribution in [-0.4, -0.2) is 19.1 Å². The van der Waals surface area contributed by atoms with Gasteiger partial charge < -0.3 is 4.74 Å². The molecule has 1 rings (SSSR count). The highest BCUT2D eigenvalue weighted by Gasteiger charge is 2.33. The number of alkyl halides is 4. The summed E-state index contributed by atoms with van der Waals surface area (Å²) in [7, 11) is 0. The van der Waals surface area contributed by atoms with Crippen molar-refractivity contribution in [1.29, 1.82) is 0 Å². The van der Waals surface area contributed by atoms with Crippen LogP contribution in [0.25, 0.3) is 0 Å². The Morgan fingerprint density at radius 2 is 1.70 bits per heavy atom. The molecule has 0 atom stereocenters. The molecule has 20 heavy (non-hydrogen) atoms. The topological polar surface area (TPSA) is 9.23 Å². The maximum absolute atomic E-state index is 13.7. The third kappa shape index (κ3) is 5.74. The van der Waals surface area contributed by atoms with E-state index in [-0.39, 0.29) is 18.4 Å². The molecule has 0 unspecified atom stereocenters. The molecule has 0 amide bonds. The number of hydrogen-bond acceptors (Lipinski definition) is 1. The van der Waals surface area contributed by atoms with Gasteiger partial charge in [-0.15, -0.1) is 6.58 Å². The summed E-state index contributed by atoms with van der Waals surface area (Å²) in [5.41, 5.74) is -0.182. The van der Waals surface area contributed by atoms with Crippen LogP contribution in [0.5, 0.6) is 0 Å². The van der Waals surface area contributed by atoms with Crippen molar-refractivity contribution in [3.8, 4) is 0 Å². The van der Waals surface area contributed by atoms with E-state index in [0.29, 0.717) is 0 Å². The highest BCUT2D eigenvalue weighted by atomic mass is 19.3. The molecule has 1 nitrogen and oxygen atoms in total. The van der Waals surface area contributed by atoms with Crippen LogP contribution in [0.15, 0.2) is 43.0 Å². The molecule has 1 aromatic carbocycles. The molecule has 0 N–H and O–H groups in total. The summed E-state index contributed by atoms with van der Waals surface area (Å²) in [4.78, 5) is 0. The molecule has 0 bridgehead atoms. The van der Waals surface area contributed by atoms with Gasteiger partial charge in [-0.2, -0.15) is 8.78 Å². The lowest BCUT2D eigenvalue weighted by Gasteiger charge is -2.19. The van der Waals surface area contributed by atoms with Gasteiger partial charge in [0.15, 0.2) is 0 Å². The fraction of sp³-hybridized carbons (Fsp3) is 0.467. The van der Waals surface area contributed by atoms with E-state index >= 15 is 0 Å². The minimum atomic E-state index is -3.17. The molecule has 0 heterocycles. The molecule has 0 saturated carbocycles. The van der Waals surface area contributed by atoms with Crippen molar-refractivity contribution in [2.45, 2.75) is 31.1 Å². The minimum absolute atomic E-state index is 0.182. The number of halogens is 4. The molecule has 0 aliphatic rings. The smallest absolute Gasteiger partial charge is 0.296 e. The third-order valence-electron chi connectivity index (χ3n) is 2.81. The van der Waals surface area contributed by atoms with E-state index in [9.17, 15) is 17.6 Å². The molecule has 0 aliphatic heterocycles. The lowest BCUT2D eigenvalue weighted by Crippen LogP contribution is -2.24. The highest BCUT2D eigenvalue weighted by Crippen LogP contribution is 2.29. The molecule has 0 fully saturated rings. The first-order valence-electron chi connectivity index (χ1n) is 6.37. The quantitative estimate of drug-likeness (QED) is 0.361. The van der Waals surface area contributed by atoms with Crippen molar-refractivity contribution in [2.75, 3.05) is 13.2 Å². The average molecular weight is 290 g/mol. The van der Waals surface area contributed by atoms with Gasteiger partial charge in [-0.05, 0) is 6.42 Å². The Morgan fingerprint density at radius 1 is 1.05 bits per heavy atom. The second-order valence-electron chi connectivity index (χ2n) is 4.56. The van der Waals surface area contributed by atoms with Crippen LogP contribution < -0.4 is 0 Å². The van der Waals surface area contributed by atoms with Gasteiger partial charge in [0.1, 0.15) is 6.61 Å². The maximum Gasteiger partial charge on any atom is 0.296 e. The summed E-state index contributed by atoms with van der Waals surface area (Å²) in [5, 5.41) is 0. The van der Waals surface area contributed by atoms with E-state index in [1.807, 2.05) is 0 Å². The van der Waals surface area contributed by atoms with Gasteiger partial charge in [0.25, 0.3) is 11.8 Å². The number of allylic oxidation sites excluding steroid dienone is 1. The van der Waals surface area contributed by atoms with Gasteiger partial charge in [-0.3, -0.25) is 0 Å². The van der Waals surface area contributed by atoms with Crippen LogP contribution in [0, 0.1) is 0 Å². The molecule has 0 saturated heterocycles. The number of rotatable bonds is 9. The van der Waals surface area contributed by atoms with Crippen molar-refractivity contribution in [1.82, 2.24) is 0 Å². The Kier molecular flexibility index (Phi) is 6.20. The fourth-order valence-electron chi connectivity index (χ4n) is 1.63. The summed E-state index contributed by atoms with van der Waals surface area (Å²) in [6.45, 7) is 2.07. The summed E-state index contributed by atoms with van der Waals surface area (Å²) < 4.78 is 58.5. The predicted molar refractivity (Wildman–Crippen MR) is 70.2 cm³/mol. The zero-order valence-corrected chi connectivity index (χ0v) is 11.1. The Bertz CT molecular complexity index is 404. The van der Waals surface area contributed by atoms with Gasteiger partial charge in [0.05, 0.1) is 6.61 Å². The van der Waals surface area contributed by atoms with Crippen molar-refractivity contribution in [2.24, 2.45) is 0 Å². The zero-order chi connectivity index (χ0) is 15.1. The summed E-state index contributed by atoms with van der Waals surface area (Å²) in [5.74, 6) is -6.08. The van der Waals surface area contributed by atoms with Crippen LogP contribution >= 0.6 is 0 Å². The first-order valence-corrected chi connectivity index (χ1v) is 6.37. The minimum Gasteiger partial charge on any atom is -0.375 e. The molecule has 112 valence electrons. The first kappa shape index (κ1) is 16.7. The van der Waals surface area contributed by atoms with Gasteiger partial charge in [-0.1, -0.05) is 36.4 Å². The predicted octanol–water partition coefficient (Wildman–Crippen LogP) is 4.79. The van der Waals surface area contributed by atoms with Crippen LogP contribution in [0.1, 0.15) is 24.8 Å². The molecule has 0 spiro atoms. The van der Waals surface area contributed by atoms with Gasteiger partial charge >= 0.3 is 0 Å². The number of hydrogen-bond donors (Lipinski definition) is 0. The van der Waals surface area contributed by atoms with Crippen molar-refractivity contribution in [3.63, 3.8) is 0 Å². The van der Waals surface area contributed by atoms with E-state index in [1.165, 1.54) is 30.3 Å². The molecular formula is C15H18F4O. The lowest BCUT2D eigenvalue weighted by molar-refractivity contribution is -0.0999. The molecule has 1 aromatic rings. The van der Waals surface area contributed by atoms with E-state index in [2.05, 4.69) is 6.58 Å². The summed E-state index contributed by atoms with van der Waals surface area (Å²) in [6, 6.07) is 7.17. The van der Waals surface area contributed by atoms with Crippen molar-refractivity contribution >= 4 is 0 Å². The van der Waals surface area contributed by atoms with Crippen LogP contribution in [0.3, 0.4) is 0 Å². The van der Waals surface area contributed by atoms with E-state index in [0.717, 1.165) is 0 Å². The fourth-order valence-corrected chi connectivity index (χ4v) is 1.63. The summed E-state index contributed by atoms with van der Waals surface area (Å²) in [6.07, 6.45) is 0.687. The van der Waals surface area contributed by atoms with Gasteiger partial charge in [0.2, 0.25) is 0 Å². The van der Waals surface area contributed by atoms with E-state index < -0.39 is 31.5 Å². The van der Waals surface area contributed by atoms with Crippen LogP contribution in [0.2, 0.25) is 0 Å². The molecule has 0 radical (unpaired) electrons. The highest BCUT2D eigenvalue weighted by molar-refractivity contribution is 5.19. The van der Waals surface area contributed by atoms with Gasteiger partial charge in [0, 0.05) is 18.4 Å². The number of ether oxygens (including phenoxy) is 1. The van der Waals surface area contributed by atoms with Crippen molar-refractivity contribution in [3.05, 3.63) is 48.6 Å². The molecule has 0 aliphatic carbocycles. The first-order chi connectivity index (χ1) is 9.37. The monoisotopic (exact) mass is 290 g/mol. The van der Waals surface area contributed by atoms with E-state index in [4.69, 9.17) is 4.74 Å². The lowest BCUT2D eigenvalue weighted by atomic mass is 10.1. The third-order valence-corrected chi connectivity index (χ3v) is 2.81.